The minimum absolute atomic E-state index is 0.124. The highest BCUT2D eigenvalue weighted by molar-refractivity contribution is 7.89. The fraction of sp³-hybridized carbons (Fsp3) is 0.462. The number of amides is 1. The van der Waals surface area contributed by atoms with Gasteiger partial charge in [-0.2, -0.15) is 9.57 Å². The van der Waals surface area contributed by atoms with Crippen LogP contribution in [0.3, 0.4) is 0 Å². The van der Waals surface area contributed by atoms with Gasteiger partial charge in [0.2, 0.25) is 10.0 Å². The summed E-state index contributed by atoms with van der Waals surface area (Å²) in [6, 6.07) is 15.8. The Morgan fingerprint density at radius 1 is 0.886 bits per heavy atom. The molecular formula is C26H32N4O4S. The molecule has 0 unspecified atom stereocenters. The van der Waals surface area contributed by atoms with Gasteiger partial charge in [-0.3, -0.25) is 9.69 Å². The number of piperazine rings is 1. The first-order valence-electron chi connectivity index (χ1n) is 12.1. The van der Waals surface area contributed by atoms with Crippen molar-refractivity contribution in [3.05, 3.63) is 59.7 Å². The monoisotopic (exact) mass is 496 g/mol. The maximum absolute atomic E-state index is 13.1. The number of sulfonamides is 1. The van der Waals surface area contributed by atoms with E-state index in [1.54, 1.807) is 40.6 Å². The summed E-state index contributed by atoms with van der Waals surface area (Å²) in [6.45, 7) is 3.26. The largest absolute Gasteiger partial charge is 0.497 e. The number of rotatable bonds is 6. The second kappa shape index (κ2) is 11.2. The Bertz CT molecular complexity index is 1140. The number of hydrogen-bond donors (Lipinski definition) is 0. The Labute approximate surface area is 207 Å². The molecule has 0 radical (unpaired) electrons. The average Bonchev–Trinajstić information content (AvgIpc) is 3.20. The zero-order valence-electron chi connectivity index (χ0n) is 20.1. The number of ether oxygens (including phenoxy) is 1. The van der Waals surface area contributed by atoms with E-state index in [0.717, 1.165) is 37.0 Å². The van der Waals surface area contributed by atoms with Gasteiger partial charge in [-0.1, -0.05) is 25.0 Å². The summed E-state index contributed by atoms with van der Waals surface area (Å²) in [7, 11) is -1.93. The zero-order valence-corrected chi connectivity index (χ0v) is 20.9. The average molecular weight is 497 g/mol. The number of benzene rings is 2. The molecule has 2 heterocycles. The van der Waals surface area contributed by atoms with Crippen LogP contribution in [0, 0.1) is 11.3 Å². The second-order valence-corrected chi connectivity index (χ2v) is 10.9. The topological polar surface area (TPSA) is 94.0 Å². The van der Waals surface area contributed by atoms with Crippen LogP contribution < -0.4 is 4.74 Å². The van der Waals surface area contributed by atoms with E-state index in [9.17, 15) is 18.5 Å². The lowest BCUT2D eigenvalue weighted by molar-refractivity contribution is 0.0606. The molecule has 0 aromatic heterocycles. The van der Waals surface area contributed by atoms with E-state index in [1.165, 1.54) is 0 Å². The molecule has 0 spiro atoms. The third-order valence-electron chi connectivity index (χ3n) is 6.82. The van der Waals surface area contributed by atoms with Gasteiger partial charge in [0, 0.05) is 44.8 Å². The van der Waals surface area contributed by atoms with Gasteiger partial charge < -0.3 is 9.64 Å². The molecule has 4 rings (SSSR count). The molecule has 9 heteroatoms. The van der Waals surface area contributed by atoms with Crippen molar-refractivity contribution in [1.29, 1.82) is 5.26 Å². The van der Waals surface area contributed by atoms with E-state index in [-0.39, 0.29) is 16.8 Å². The van der Waals surface area contributed by atoms with Crippen molar-refractivity contribution in [2.45, 2.75) is 36.6 Å². The van der Waals surface area contributed by atoms with E-state index in [0.29, 0.717) is 44.8 Å². The van der Waals surface area contributed by atoms with Crippen LogP contribution in [0.4, 0.5) is 0 Å². The lowest BCUT2D eigenvalue weighted by Gasteiger charge is -2.37. The molecule has 0 bridgehead atoms. The maximum atomic E-state index is 13.1. The molecule has 1 atom stereocenters. The molecule has 1 amide bonds. The van der Waals surface area contributed by atoms with Crippen molar-refractivity contribution in [2.75, 3.05) is 46.4 Å². The number of carbonyl (C=O) groups excluding carboxylic acids is 1. The van der Waals surface area contributed by atoms with Crippen molar-refractivity contribution < 1.29 is 17.9 Å². The van der Waals surface area contributed by atoms with Gasteiger partial charge in [-0.15, -0.1) is 0 Å². The highest BCUT2D eigenvalue weighted by Gasteiger charge is 2.29. The first kappa shape index (κ1) is 25.2. The van der Waals surface area contributed by atoms with Crippen molar-refractivity contribution >= 4 is 15.9 Å². The van der Waals surface area contributed by atoms with Crippen LogP contribution in [-0.2, 0) is 10.0 Å². The highest BCUT2D eigenvalue weighted by Crippen LogP contribution is 2.25. The molecule has 186 valence electrons. The van der Waals surface area contributed by atoms with Crippen LogP contribution in [-0.4, -0.2) is 74.8 Å². The lowest BCUT2D eigenvalue weighted by Crippen LogP contribution is -2.49. The minimum Gasteiger partial charge on any atom is -0.497 e. The van der Waals surface area contributed by atoms with Gasteiger partial charge in [0.15, 0.2) is 0 Å². The summed E-state index contributed by atoms with van der Waals surface area (Å²) in [5.74, 6) is 0.618. The van der Waals surface area contributed by atoms with Crippen LogP contribution in [0.25, 0.3) is 0 Å². The Kier molecular flexibility index (Phi) is 8.06. The molecule has 2 aliphatic rings. The predicted octanol–water partition coefficient (Wildman–Crippen LogP) is 3.28. The first-order valence-corrected chi connectivity index (χ1v) is 13.5. The molecule has 2 fully saturated rings. The summed E-state index contributed by atoms with van der Waals surface area (Å²) < 4.78 is 32.7. The molecule has 2 aliphatic heterocycles. The molecular weight excluding hydrogens is 464 g/mol. The Balaban J connectivity index is 1.37. The van der Waals surface area contributed by atoms with Gasteiger partial charge in [-0.25, -0.2) is 8.42 Å². The lowest BCUT2D eigenvalue weighted by atomic mass is 10.1. The number of carbonyl (C=O) groups is 1. The Morgan fingerprint density at radius 3 is 2.03 bits per heavy atom. The summed E-state index contributed by atoms with van der Waals surface area (Å²) >= 11 is 0. The fourth-order valence-corrected chi connectivity index (χ4v) is 6.24. The Hall–Kier alpha value is -2.93. The summed E-state index contributed by atoms with van der Waals surface area (Å²) in [6.07, 6.45) is 3.88. The number of methoxy groups -OCH3 is 1. The SMILES string of the molecule is COc1ccc([C@H](C#N)N2CCN(C(=O)c3ccc(S(=O)(=O)N4CCCCCC4)cc3)CC2)cc1. The van der Waals surface area contributed by atoms with Crippen LogP contribution in [0.5, 0.6) is 5.75 Å². The van der Waals surface area contributed by atoms with Crippen LogP contribution >= 0.6 is 0 Å². The molecule has 2 saturated heterocycles. The minimum atomic E-state index is -3.54. The summed E-state index contributed by atoms with van der Waals surface area (Å²) in [5, 5.41) is 9.76. The standard InChI is InChI=1S/C26H32N4O4S/c1-34-23-10-6-21(7-11-23)25(20-27)28-16-18-29(19-17-28)26(31)22-8-12-24(13-9-22)35(32,33)30-14-4-2-3-5-15-30/h6-13,25H,2-5,14-19H2,1H3/t25-/m0/s1. The van der Waals surface area contributed by atoms with E-state index >= 15 is 0 Å². The maximum Gasteiger partial charge on any atom is 0.253 e. The number of nitriles is 1. The fourth-order valence-electron chi connectivity index (χ4n) is 4.72. The van der Waals surface area contributed by atoms with E-state index in [1.807, 2.05) is 24.3 Å². The summed E-state index contributed by atoms with van der Waals surface area (Å²) in [4.78, 5) is 17.1. The number of nitrogens with zero attached hydrogens (tertiary/aromatic N) is 4. The van der Waals surface area contributed by atoms with E-state index in [2.05, 4.69) is 11.0 Å². The van der Waals surface area contributed by atoms with Gasteiger partial charge >= 0.3 is 0 Å². The molecule has 0 aliphatic carbocycles. The number of hydrogen-bond acceptors (Lipinski definition) is 6. The molecule has 2 aromatic rings. The van der Waals surface area contributed by atoms with Gasteiger partial charge in [-0.05, 0) is 54.8 Å². The molecule has 0 saturated carbocycles. The van der Waals surface area contributed by atoms with Crippen molar-refractivity contribution in [3.63, 3.8) is 0 Å². The van der Waals surface area contributed by atoms with Crippen LogP contribution in [0.15, 0.2) is 53.4 Å². The van der Waals surface area contributed by atoms with Crippen molar-refractivity contribution in [1.82, 2.24) is 14.1 Å². The molecule has 8 nitrogen and oxygen atoms in total. The highest BCUT2D eigenvalue weighted by atomic mass is 32.2. The molecule has 2 aromatic carbocycles. The van der Waals surface area contributed by atoms with E-state index in [4.69, 9.17) is 4.74 Å². The quantitative estimate of drug-likeness (QED) is 0.609. The Morgan fingerprint density at radius 2 is 1.49 bits per heavy atom. The zero-order chi connectivity index (χ0) is 24.8. The van der Waals surface area contributed by atoms with Gasteiger partial charge in [0.05, 0.1) is 18.1 Å². The smallest absolute Gasteiger partial charge is 0.253 e. The first-order chi connectivity index (χ1) is 16.9. The van der Waals surface area contributed by atoms with Gasteiger partial charge in [0.1, 0.15) is 11.8 Å². The molecule has 0 N–H and O–H groups in total. The van der Waals surface area contributed by atoms with E-state index < -0.39 is 10.0 Å². The second-order valence-electron chi connectivity index (χ2n) is 8.98. The predicted molar refractivity (Wildman–Crippen MR) is 132 cm³/mol. The van der Waals surface area contributed by atoms with Crippen LogP contribution in [0.1, 0.15) is 47.6 Å². The third-order valence-corrected chi connectivity index (χ3v) is 8.74. The molecule has 35 heavy (non-hydrogen) atoms. The normalized spacial score (nSPS) is 18.9. The van der Waals surface area contributed by atoms with Crippen molar-refractivity contribution in [3.8, 4) is 11.8 Å². The summed E-state index contributed by atoms with van der Waals surface area (Å²) in [5.41, 5.74) is 1.37. The van der Waals surface area contributed by atoms with Crippen molar-refractivity contribution in [2.24, 2.45) is 0 Å². The van der Waals surface area contributed by atoms with Crippen LogP contribution in [0.2, 0.25) is 0 Å². The van der Waals surface area contributed by atoms with Gasteiger partial charge in [0.25, 0.3) is 5.91 Å². The third kappa shape index (κ3) is 5.67.